The standard InChI is InChI=1S/C23H28Cl2N2OS/c1-13-15-17(25)18(29-20(15)26-14(2)16(13)24)19(28)27-21-22(9-5-3-6-10-22)23(21)11-7-4-8-12-23/h21H,3-12H2,1-2H3,(H,27,28). The smallest absolute Gasteiger partial charge is 0.263 e. The number of pyridine rings is 1. The van der Waals surface area contributed by atoms with E-state index >= 15 is 0 Å². The van der Waals surface area contributed by atoms with Crippen LogP contribution in [0.15, 0.2) is 0 Å². The molecule has 2 aromatic rings. The first-order valence-electron chi connectivity index (χ1n) is 11.0. The van der Waals surface area contributed by atoms with Crippen LogP contribution in [0.25, 0.3) is 10.2 Å². The predicted octanol–water partition coefficient (Wildman–Crippen LogP) is 7.23. The summed E-state index contributed by atoms with van der Waals surface area (Å²) in [5.41, 5.74) is 2.36. The summed E-state index contributed by atoms with van der Waals surface area (Å²) < 4.78 is 0. The van der Waals surface area contributed by atoms with E-state index < -0.39 is 0 Å². The summed E-state index contributed by atoms with van der Waals surface area (Å²) in [5, 5.41) is 5.43. The van der Waals surface area contributed by atoms with Crippen molar-refractivity contribution in [3.8, 4) is 0 Å². The van der Waals surface area contributed by atoms with Crippen LogP contribution in [0, 0.1) is 24.7 Å². The average molecular weight is 451 g/mol. The highest BCUT2D eigenvalue weighted by molar-refractivity contribution is 7.21. The lowest BCUT2D eigenvalue weighted by Gasteiger charge is -2.31. The van der Waals surface area contributed by atoms with Crippen LogP contribution in [0.2, 0.25) is 10.0 Å². The van der Waals surface area contributed by atoms with Crippen molar-refractivity contribution in [1.29, 1.82) is 0 Å². The van der Waals surface area contributed by atoms with Gasteiger partial charge in [-0.3, -0.25) is 4.79 Å². The van der Waals surface area contributed by atoms with Crippen molar-refractivity contribution >= 4 is 50.7 Å². The zero-order chi connectivity index (χ0) is 20.4. The molecule has 3 aliphatic rings. The molecule has 29 heavy (non-hydrogen) atoms. The zero-order valence-corrected chi connectivity index (χ0v) is 19.5. The molecule has 1 amide bonds. The van der Waals surface area contributed by atoms with E-state index in [0.29, 0.717) is 31.8 Å². The minimum Gasteiger partial charge on any atom is -0.347 e. The van der Waals surface area contributed by atoms with E-state index in [2.05, 4.69) is 10.3 Å². The lowest BCUT2D eigenvalue weighted by Crippen LogP contribution is -2.31. The average Bonchev–Trinajstić information content (AvgIpc) is 3.02. The van der Waals surface area contributed by atoms with E-state index in [9.17, 15) is 4.79 Å². The molecular formula is C23H28Cl2N2OS. The summed E-state index contributed by atoms with van der Waals surface area (Å²) in [7, 11) is 0. The molecule has 0 atom stereocenters. The molecule has 0 bridgehead atoms. The summed E-state index contributed by atoms with van der Waals surface area (Å²) in [6, 6.07) is 0.309. The highest BCUT2D eigenvalue weighted by Gasteiger charge is 2.75. The topological polar surface area (TPSA) is 42.0 Å². The lowest BCUT2D eigenvalue weighted by molar-refractivity contribution is 0.0943. The summed E-state index contributed by atoms with van der Waals surface area (Å²) >= 11 is 14.5. The van der Waals surface area contributed by atoms with Crippen LogP contribution in [-0.2, 0) is 0 Å². The summed E-state index contributed by atoms with van der Waals surface area (Å²) in [4.78, 5) is 19.3. The van der Waals surface area contributed by atoms with Gasteiger partial charge in [-0.15, -0.1) is 11.3 Å². The largest absolute Gasteiger partial charge is 0.347 e. The van der Waals surface area contributed by atoms with E-state index in [1.54, 1.807) is 0 Å². The Kier molecular flexibility index (Phi) is 4.92. The maximum atomic E-state index is 13.4. The van der Waals surface area contributed by atoms with E-state index in [4.69, 9.17) is 23.2 Å². The molecule has 0 radical (unpaired) electrons. The number of aromatic nitrogens is 1. The number of nitrogens with one attached hydrogen (secondary N) is 1. The Hall–Kier alpha value is -0.840. The third-order valence-corrected chi connectivity index (χ3v) is 10.2. The molecule has 3 fully saturated rings. The van der Waals surface area contributed by atoms with Crippen LogP contribution in [-0.4, -0.2) is 16.9 Å². The van der Waals surface area contributed by atoms with Gasteiger partial charge < -0.3 is 5.32 Å². The number of fused-ring (bicyclic) bond motifs is 2. The molecule has 6 heteroatoms. The number of hydrogen-bond donors (Lipinski definition) is 1. The van der Waals surface area contributed by atoms with Crippen LogP contribution in [0.1, 0.15) is 85.1 Å². The number of aryl methyl sites for hydroxylation is 2. The normalized spacial score (nSPS) is 23.0. The van der Waals surface area contributed by atoms with Gasteiger partial charge in [-0.05, 0) is 55.9 Å². The maximum absolute atomic E-state index is 13.4. The highest BCUT2D eigenvalue weighted by atomic mass is 35.5. The molecule has 1 N–H and O–H groups in total. The van der Waals surface area contributed by atoms with Gasteiger partial charge >= 0.3 is 0 Å². The Morgan fingerprint density at radius 1 is 0.966 bits per heavy atom. The number of halogens is 2. The Morgan fingerprint density at radius 2 is 1.52 bits per heavy atom. The van der Waals surface area contributed by atoms with Crippen molar-refractivity contribution in [3.63, 3.8) is 0 Å². The van der Waals surface area contributed by atoms with E-state index in [1.165, 1.54) is 75.5 Å². The minimum atomic E-state index is -0.0245. The van der Waals surface area contributed by atoms with Crippen LogP contribution < -0.4 is 5.32 Å². The molecule has 3 aliphatic carbocycles. The SMILES string of the molecule is Cc1nc2sc(C(=O)NC3C4(CCCCC4)C34CCCCC4)c(Cl)c2c(C)c1Cl. The molecule has 156 valence electrons. The highest BCUT2D eigenvalue weighted by Crippen LogP contribution is 2.75. The molecule has 0 unspecified atom stereocenters. The second-order valence-electron chi connectivity index (χ2n) is 9.40. The minimum absolute atomic E-state index is 0.0245. The summed E-state index contributed by atoms with van der Waals surface area (Å²) in [6.45, 7) is 3.85. The fourth-order valence-corrected chi connectivity index (χ4v) is 8.38. The fourth-order valence-electron chi connectivity index (χ4n) is 6.68. The Bertz CT molecular complexity index is 963. The third-order valence-electron chi connectivity index (χ3n) is 8.11. The molecule has 2 spiro atoms. The van der Waals surface area contributed by atoms with Gasteiger partial charge in [-0.1, -0.05) is 61.7 Å². The number of carbonyl (C=O) groups excluding carboxylic acids is 1. The van der Waals surface area contributed by atoms with Gasteiger partial charge in [-0.2, -0.15) is 0 Å². The molecule has 2 aromatic heterocycles. The predicted molar refractivity (Wildman–Crippen MR) is 121 cm³/mol. The maximum Gasteiger partial charge on any atom is 0.263 e. The van der Waals surface area contributed by atoms with Crippen molar-refractivity contribution in [2.75, 3.05) is 0 Å². The number of carbonyl (C=O) groups is 1. The quantitative estimate of drug-likeness (QED) is 0.523. The zero-order valence-electron chi connectivity index (χ0n) is 17.2. The second-order valence-corrected chi connectivity index (χ2v) is 11.2. The van der Waals surface area contributed by atoms with Crippen molar-refractivity contribution < 1.29 is 4.79 Å². The summed E-state index contributed by atoms with van der Waals surface area (Å²) in [6.07, 6.45) is 13.0. The molecule has 0 saturated heterocycles. The van der Waals surface area contributed by atoms with Crippen molar-refractivity contribution in [2.45, 2.75) is 84.1 Å². The number of hydrogen-bond acceptors (Lipinski definition) is 3. The van der Waals surface area contributed by atoms with Gasteiger partial charge in [-0.25, -0.2) is 4.98 Å². The van der Waals surface area contributed by atoms with Gasteiger partial charge in [0.2, 0.25) is 0 Å². The molecule has 3 nitrogen and oxygen atoms in total. The van der Waals surface area contributed by atoms with E-state index in [1.807, 2.05) is 13.8 Å². The Morgan fingerprint density at radius 3 is 2.07 bits per heavy atom. The van der Waals surface area contributed by atoms with Gasteiger partial charge in [0.15, 0.2) is 0 Å². The Labute approximate surface area is 186 Å². The number of thiophene rings is 1. The van der Waals surface area contributed by atoms with Crippen molar-refractivity contribution in [2.24, 2.45) is 10.8 Å². The molecule has 0 aliphatic heterocycles. The number of nitrogens with zero attached hydrogens (tertiary/aromatic N) is 1. The van der Waals surface area contributed by atoms with Gasteiger partial charge in [0, 0.05) is 11.4 Å². The second kappa shape index (κ2) is 7.10. The first-order chi connectivity index (χ1) is 13.9. The van der Waals surface area contributed by atoms with Crippen LogP contribution in [0.5, 0.6) is 0 Å². The first kappa shape index (κ1) is 20.1. The monoisotopic (exact) mass is 450 g/mol. The number of amides is 1. The molecule has 2 heterocycles. The van der Waals surface area contributed by atoms with Crippen molar-refractivity contribution in [1.82, 2.24) is 10.3 Å². The van der Waals surface area contributed by atoms with Crippen LogP contribution in [0.3, 0.4) is 0 Å². The van der Waals surface area contributed by atoms with Gasteiger partial charge in [0.1, 0.15) is 9.71 Å². The van der Waals surface area contributed by atoms with Gasteiger partial charge in [0.25, 0.3) is 5.91 Å². The van der Waals surface area contributed by atoms with E-state index in [-0.39, 0.29) is 5.91 Å². The molecule has 0 aromatic carbocycles. The van der Waals surface area contributed by atoms with E-state index in [0.717, 1.165) is 21.5 Å². The first-order valence-corrected chi connectivity index (χ1v) is 12.5. The van der Waals surface area contributed by atoms with Crippen molar-refractivity contribution in [3.05, 3.63) is 26.2 Å². The molecule has 5 rings (SSSR count). The Balaban J connectivity index is 1.47. The third kappa shape index (κ3) is 2.81. The van der Waals surface area contributed by atoms with Crippen LogP contribution >= 0.6 is 34.5 Å². The lowest BCUT2D eigenvalue weighted by atomic mass is 9.73. The fraction of sp³-hybridized carbons (Fsp3) is 0.652. The molecular weight excluding hydrogens is 423 g/mol. The summed E-state index contributed by atoms with van der Waals surface area (Å²) in [5.74, 6) is -0.0245. The van der Waals surface area contributed by atoms with Crippen LogP contribution in [0.4, 0.5) is 0 Å². The number of rotatable bonds is 2. The van der Waals surface area contributed by atoms with Gasteiger partial charge in [0.05, 0.1) is 15.7 Å². The molecule has 3 saturated carbocycles.